The Morgan fingerprint density at radius 1 is 1.19 bits per heavy atom. The SMILES string of the molecule is CNC(=O)c1ccccc1NS(=O)(=O)c1cccnc1Cl. The van der Waals surface area contributed by atoms with Crippen LogP contribution in [0.5, 0.6) is 0 Å². The second-order valence-electron chi connectivity index (χ2n) is 4.02. The Hall–Kier alpha value is -2.12. The van der Waals surface area contributed by atoms with Gasteiger partial charge in [0.05, 0.1) is 11.3 Å². The maximum Gasteiger partial charge on any atom is 0.264 e. The molecule has 0 radical (unpaired) electrons. The highest BCUT2D eigenvalue weighted by molar-refractivity contribution is 7.92. The van der Waals surface area contributed by atoms with E-state index in [9.17, 15) is 13.2 Å². The number of amides is 1. The van der Waals surface area contributed by atoms with E-state index in [1.54, 1.807) is 12.1 Å². The van der Waals surface area contributed by atoms with E-state index in [0.717, 1.165) is 0 Å². The number of benzene rings is 1. The quantitative estimate of drug-likeness (QED) is 0.840. The van der Waals surface area contributed by atoms with Crippen LogP contribution >= 0.6 is 11.6 Å². The van der Waals surface area contributed by atoms with Crippen LogP contribution < -0.4 is 10.0 Å². The van der Waals surface area contributed by atoms with Crippen molar-refractivity contribution >= 4 is 33.2 Å². The lowest BCUT2D eigenvalue weighted by molar-refractivity contribution is 0.0964. The molecule has 0 saturated heterocycles. The monoisotopic (exact) mass is 325 g/mol. The Morgan fingerprint density at radius 3 is 2.57 bits per heavy atom. The van der Waals surface area contributed by atoms with E-state index in [1.165, 1.54) is 37.5 Å². The smallest absolute Gasteiger partial charge is 0.264 e. The molecule has 0 aliphatic carbocycles. The Labute approximate surface area is 127 Å². The summed E-state index contributed by atoms with van der Waals surface area (Å²) in [5.41, 5.74) is 0.375. The average Bonchev–Trinajstić information content (AvgIpc) is 2.47. The molecule has 8 heteroatoms. The third-order valence-corrected chi connectivity index (χ3v) is 4.47. The summed E-state index contributed by atoms with van der Waals surface area (Å²) in [6.07, 6.45) is 1.39. The molecular weight excluding hydrogens is 314 g/mol. The highest BCUT2D eigenvalue weighted by Crippen LogP contribution is 2.23. The number of rotatable bonds is 4. The predicted octanol–water partition coefficient (Wildman–Crippen LogP) is 1.90. The Morgan fingerprint density at radius 2 is 1.90 bits per heavy atom. The van der Waals surface area contributed by atoms with Gasteiger partial charge in [-0.15, -0.1) is 0 Å². The summed E-state index contributed by atoms with van der Waals surface area (Å²) in [6.45, 7) is 0. The van der Waals surface area contributed by atoms with E-state index in [0.29, 0.717) is 0 Å². The fourth-order valence-corrected chi connectivity index (χ4v) is 3.21. The van der Waals surface area contributed by atoms with Gasteiger partial charge in [0.15, 0.2) is 0 Å². The predicted molar refractivity (Wildman–Crippen MR) is 79.9 cm³/mol. The average molecular weight is 326 g/mol. The molecule has 2 N–H and O–H groups in total. The van der Waals surface area contributed by atoms with Gasteiger partial charge in [0.1, 0.15) is 10.0 Å². The number of para-hydroxylation sites is 1. The zero-order valence-electron chi connectivity index (χ0n) is 11.0. The number of hydrogen-bond donors (Lipinski definition) is 2. The van der Waals surface area contributed by atoms with Gasteiger partial charge in [-0.3, -0.25) is 9.52 Å². The van der Waals surface area contributed by atoms with Crippen LogP contribution in [0, 0.1) is 0 Å². The van der Waals surface area contributed by atoms with Crippen molar-refractivity contribution in [2.24, 2.45) is 0 Å². The highest BCUT2D eigenvalue weighted by Gasteiger charge is 2.21. The molecule has 6 nitrogen and oxygen atoms in total. The number of sulfonamides is 1. The van der Waals surface area contributed by atoms with Crippen molar-refractivity contribution in [2.75, 3.05) is 11.8 Å². The van der Waals surface area contributed by atoms with E-state index in [2.05, 4.69) is 15.0 Å². The maximum atomic E-state index is 12.3. The molecule has 1 aromatic heterocycles. The van der Waals surface area contributed by atoms with Gasteiger partial charge in [-0.1, -0.05) is 23.7 Å². The fourth-order valence-electron chi connectivity index (χ4n) is 1.68. The molecule has 2 rings (SSSR count). The van der Waals surface area contributed by atoms with Crippen molar-refractivity contribution in [1.29, 1.82) is 0 Å². The molecule has 0 bridgehead atoms. The van der Waals surface area contributed by atoms with Crippen molar-refractivity contribution in [3.8, 4) is 0 Å². The summed E-state index contributed by atoms with van der Waals surface area (Å²) >= 11 is 5.80. The first-order valence-corrected chi connectivity index (χ1v) is 7.76. The van der Waals surface area contributed by atoms with Crippen LogP contribution in [0.4, 0.5) is 5.69 Å². The largest absolute Gasteiger partial charge is 0.355 e. The highest BCUT2D eigenvalue weighted by atomic mass is 35.5. The van der Waals surface area contributed by atoms with E-state index in [1.807, 2.05) is 0 Å². The van der Waals surface area contributed by atoms with Crippen LogP contribution in [0.3, 0.4) is 0 Å². The maximum absolute atomic E-state index is 12.3. The van der Waals surface area contributed by atoms with Crippen molar-refractivity contribution in [3.05, 3.63) is 53.3 Å². The number of pyridine rings is 1. The van der Waals surface area contributed by atoms with Crippen LogP contribution in [0.25, 0.3) is 0 Å². The Balaban J connectivity index is 2.43. The minimum atomic E-state index is -3.93. The first kappa shape index (κ1) is 15.3. The number of halogens is 1. The van der Waals surface area contributed by atoms with Crippen molar-refractivity contribution in [1.82, 2.24) is 10.3 Å². The van der Waals surface area contributed by atoms with Gasteiger partial charge in [-0.25, -0.2) is 13.4 Å². The van der Waals surface area contributed by atoms with Gasteiger partial charge < -0.3 is 5.32 Å². The van der Waals surface area contributed by atoms with E-state index >= 15 is 0 Å². The molecule has 21 heavy (non-hydrogen) atoms. The summed E-state index contributed by atoms with van der Waals surface area (Å²) in [4.78, 5) is 15.3. The van der Waals surface area contributed by atoms with Gasteiger partial charge in [0, 0.05) is 13.2 Å². The van der Waals surface area contributed by atoms with E-state index in [-0.39, 0.29) is 21.3 Å². The first-order valence-electron chi connectivity index (χ1n) is 5.90. The van der Waals surface area contributed by atoms with Gasteiger partial charge in [0.25, 0.3) is 15.9 Å². The summed E-state index contributed by atoms with van der Waals surface area (Å²) < 4.78 is 27.0. The Bertz CT molecular complexity index is 778. The second kappa shape index (κ2) is 6.11. The van der Waals surface area contributed by atoms with Crippen molar-refractivity contribution in [2.45, 2.75) is 4.90 Å². The molecule has 0 unspecified atom stereocenters. The van der Waals surface area contributed by atoms with Crippen LogP contribution in [0.15, 0.2) is 47.5 Å². The lowest BCUT2D eigenvalue weighted by Crippen LogP contribution is -2.21. The van der Waals surface area contributed by atoms with Crippen LogP contribution in [-0.2, 0) is 10.0 Å². The lowest BCUT2D eigenvalue weighted by atomic mass is 10.2. The number of anilines is 1. The summed E-state index contributed by atoms with van der Waals surface area (Å²) in [6, 6.07) is 9.06. The number of hydrogen-bond acceptors (Lipinski definition) is 4. The Kier molecular flexibility index (Phi) is 4.44. The minimum Gasteiger partial charge on any atom is -0.355 e. The van der Waals surface area contributed by atoms with Gasteiger partial charge in [0.2, 0.25) is 0 Å². The second-order valence-corrected chi connectivity index (χ2v) is 6.03. The molecule has 110 valence electrons. The topological polar surface area (TPSA) is 88.2 Å². The molecule has 1 amide bonds. The molecular formula is C13H12ClN3O3S. The van der Waals surface area contributed by atoms with Crippen LogP contribution in [0.1, 0.15) is 10.4 Å². The minimum absolute atomic E-state index is 0.137. The van der Waals surface area contributed by atoms with Gasteiger partial charge in [-0.2, -0.15) is 0 Å². The molecule has 0 saturated carbocycles. The van der Waals surface area contributed by atoms with E-state index in [4.69, 9.17) is 11.6 Å². The standard InChI is InChI=1S/C13H12ClN3O3S/c1-15-13(18)9-5-2-3-6-10(9)17-21(19,20)11-7-4-8-16-12(11)14/h2-8,17H,1H3,(H,15,18). The van der Waals surface area contributed by atoms with Crippen LogP contribution in [0.2, 0.25) is 5.15 Å². The molecule has 0 aliphatic heterocycles. The molecule has 0 atom stereocenters. The van der Waals surface area contributed by atoms with Crippen molar-refractivity contribution in [3.63, 3.8) is 0 Å². The third kappa shape index (κ3) is 3.32. The molecule has 0 aliphatic rings. The van der Waals surface area contributed by atoms with E-state index < -0.39 is 15.9 Å². The number of nitrogens with zero attached hydrogens (tertiary/aromatic N) is 1. The molecule has 2 aromatic rings. The number of nitrogens with one attached hydrogen (secondary N) is 2. The normalized spacial score (nSPS) is 11.0. The van der Waals surface area contributed by atoms with Gasteiger partial charge >= 0.3 is 0 Å². The van der Waals surface area contributed by atoms with Crippen LogP contribution in [-0.4, -0.2) is 26.4 Å². The molecule has 0 spiro atoms. The molecule has 1 aromatic carbocycles. The summed E-state index contributed by atoms with van der Waals surface area (Å²) in [5.74, 6) is -0.398. The summed E-state index contributed by atoms with van der Waals surface area (Å²) in [7, 11) is -2.47. The van der Waals surface area contributed by atoms with Crippen molar-refractivity contribution < 1.29 is 13.2 Å². The zero-order valence-corrected chi connectivity index (χ0v) is 12.6. The molecule has 1 heterocycles. The lowest BCUT2D eigenvalue weighted by Gasteiger charge is -2.12. The number of aromatic nitrogens is 1. The first-order chi connectivity index (χ1) is 9.95. The fraction of sp³-hybridized carbons (Fsp3) is 0.0769. The summed E-state index contributed by atoms with van der Waals surface area (Å²) in [5, 5.41) is 2.31. The zero-order chi connectivity index (χ0) is 15.5. The number of carbonyl (C=O) groups is 1. The van der Waals surface area contributed by atoms with Gasteiger partial charge in [-0.05, 0) is 24.3 Å². The number of carbonyl (C=O) groups excluding carboxylic acids is 1. The third-order valence-electron chi connectivity index (χ3n) is 2.66. The molecule has 0 fully saturated rings.